The molecule has 7 nitrogen and oxygen atoms in total. The Labute approximate surface area is 142 Å². The Balaban J connectivity index is 1.94. The molecule has 4 N–H and O–H groups in total. The number of hydrogen-bond acceptors (Lipinski definition) is 7. The molecule has 1 aromatic carbocycles. The van der Waals surface area contributed by atoms with Gasteiger partial charge in [0.1, 0.15) is 0 Å². The molecule has 122 valence electrons. The van der Waals surface area contributed by atoms with E-state index in [1.54, 1.807) is 6.92 Å². The molecule has 0 bridgehead atoms. The van der Waals surface area contributed by atoms with Gasteiger partial charge in [0.2, 0.25) is 11.0 Å². The first-order chi connectivity index (χ1) is 11.0. The molecule has 2 rings (SSSR count). The van der Waals surface area contributed by atoms with Gasteiger partial charge < -0.3 is 11.1 Å². The van der Waals surface area contributed by atoms with E-state index < -0.39 is 17.2 Å². The molecule has 23 heavy (non-hydrogen) atoms. The molecule has 0 aliphatic rings. The van der Waals surface area contributed by atoms with E-state index in [4.69, 9.17) is 5.73 Å². The van der Waals surface area contributed by atoms with Crippen LogP contribution in [-0.2, 0) is 11.2 Å². The minimum atomic E-state index is -0.863. The molecule has 3 amide bonds. The number of imide groups is 1. The summed E-state index contributed by atoms with van der Waals surface area (Å²) in [6.07, 6.45) is 0.991. The van der Waals surface area contributed by atoms with Crippen LogP contribution in [0.1, 0.15) is 19.4 Å². The summed E-state index contributed by atoms with van der Waals surface area (Å²) in [6.45, 7) is 3.77. The van der Waals surface area contributed by atoms with Crippen LogP contribution in [0.2, 0.25) is 0 Å². The number of thioether (sulfide) groups is 1. The lowest BCUT2D eigenvalue weighted by Crippen LogP contribution is -2.39. The Kier molecular flexibility index (Phi) is 5.94. The SMILES string of the molecule is CCc1ccc(Nc2nnc(S[C@@H](C)C(=O)NC(N)=O)s2)cc1. The highest BCUT2D eigenvalue weighted by Gasteiger charge is 2.18. The van der Waals surface area contributed by atoms with Crippen LogP contribution in [0.15, 0.2) is 28.6 Å². The number of carbonyl (C=O) groups is 2. The van der Waals surface area contributed by atoms with Gasteiger partial charge in [-0.2, -0.15) is 0 Å². The van der Waals surface area contributed by atoms with Gasteiger partial charge in [-0.25, -0.2) is 4.79 Å². The zero-order chi connectivity index (χ0) is 16.8. The first-order valence-corrected chi connectivity index (χ1v) is 8.64. The van der Waals surface area contributed by atoms with Crippen LogP contribution < -0.4 is 16.4 Å². The van der Waals surface area contributed by atoms with Crippen molar-refractivity contribution in [3.8, 4) is 0 Å². The highest BCUT2D eigenvalue weighted by Crippen LogP contribution is 2.30. The van der Waals surface area contributed by atoms with Crippen LogP contribution in [0.3, 0.4) is 0 Å². The Hall–Kier alpha value is -2.13. The molecule has 0 fully saturated rings. The second-order valence-corrected chi connectivity index (χ2v) is 7.23. The third-order valence-electron chi connectivity index (χ3n) is 2.91. The van der Waals surface area contributed by atoms with Crippen LogP contribution in [0.25, 0.3) is 0 Å². The molecular formula is C14H17N5O2S2. The molecular weight excluding hydrogens is 334 g/mol. The van der Waals surface area contributed by atoms with E-state index in [0.29, 0.717) is 9.47 Å². The number of aromatic nitrogens is 2. The van der Waals surface area contributed by atoms with Crippen molar-refractivity contribution in [2.75, 3.05) is 5.32 Å². The van der Waals surface area contributed by atoms with Crippen molar-refractivity contribution in [2.45, 2.75) is 29.9 Å². The fourth-order valence-electron chi connectivity index (χ4n) is 1.68. The van der Waals surface area contributed by atoms with Gasteiger partial charge in [0.05, 0.1) is 5.25 Å². The van der Waals surface area contributed by atoms with E-state index >= 15 is 0 Å². The van der Waals surface area contributed by atoms with Gasteiger partial charge in [-0.3, -0.25) is 10.1 Å². The monoisotopic (exact) mass is 351 g/mol. The summed E-state index contributed by atoms with van der Waals surface area (Å²) in [5, 5.41) is 13.4. The first-order valence-electron chi connectivity index (χ1n) is 6.94. The van der Waals surface area contributed by atoms with Crippen molar-refractivity contribution in [1.29, 1.82) is 0 Å². The van der Waals surface area contributed by atoms with Gasteiger partial charge in [-0.05, 0) is 31.0 Å². The average Bonchev–Trinajstić information content (AvgIpc) is 2.94. The Bertz CT molecular complexity index is 687. The molecule has 0 radical (unpaired) electrons. The van der Waals surface area contributed by atoms with E-state index in [0.717, 1.165) is 12.1 Å². The number of benzene rings is 1. The summed E-state index contributed by atoms with van der Waals surface area (Å²) < 4.78 is 0.629. The Morgan fingerprint density at radius 1 is 1.30 bits per heavy atom. The minimum absolute atomic E-state index is 0.456. The fraction of sp³-hybridized carbons (Fsp3) is 0.286. The lowest BCUT2D eigenvalue weighted by molar-refractivity contribution is -0.119. The summed E-state index contributed by atoms with van der Waals surface area (Å²) in [6, 6.07) is 7.20. The summed E-state index contributed by atoms with van der Waals surface area (Å²) in [7, 11) is 0. The second-order valence-electron chi connectivity index (χ2n) is 4.66. The van der Waals surface area contributed by atoms with Crippen molar-refractivity contribution >= 4 is 45.9 Å². The number of primary amides is 1. The van der Waals surface area contributed by atoms with Gasteiger partial charge in [-0.15, -0.1) is 10.2 Å². The number of urea groups is 1. The summed E-state index contributed by atoms with van der Waals surface area (Å²) >= 11 is 2.55. The number of nitrogens with zero attached hydrogens (tertiary/aromatic N) is 2. The number of anilines is 2. The first kappa shape index (κ1) is 17.2. The normalized spacial score (nSPS) is 11.7. The molecule has 1 heterocycles. The van der Waals surface area contributed by atoms with Crippen molar-refractivity contribution in [1.82, 2.24) is 15.5 Å². The maximum atomic E-state index is 11.6. The topological polar surface area (TPSA) is 110 Å². The Morgan fingerprint density at radius 3 is 2.61 bits per heavy atom. The molecule has 0 aliphatic carbocycles. The van der Waals surface area contributed by atoms with Crippen molar-refractivity contribution < 1.29 is 9.59 Å². The molecule has 1 atom stereocenters. The summed E-state index contributed by atoms with van der Waals surface area (Å²) in [5.74, 6) is -0.456. The predicted molar refractivity (Wildman–Crippen MR) is 92.1 cm³/mol. The fourth-order valence-corrected chi connectivity index (χ4v) is 3.60. The third-order valence-corrected chi connectivity index (χ3v) is 4.94. The zero-order valence-electron chi connectivity index (χ0n) is 12.7. The lowest BCUT2D eigenvalue weighted by Gasteiger charge is -2.06. The average molecular weight is 351 g/mol. The van der Waals surface area contributed by atoms with Crippen molar-refractivity contribution in [3.05, 3.63) is 29.8 Å². The van der Waals surface area contributed by atoms with E-state index in [-0.39, 0.29) is 0 Å². The van der Waals surface area contributed by atoms with E-state index in [1.807, 2.05) is 17.4 Å². The molecule has 9 heteroatoms. The molecule has 0 spiro atoms. The highest BCUT2D eigenvalue weighted by atomic mass is 32.2. The number of hydrogen-bond donors (Lipinski definition) is 3. The minimum Gasteiger partial charge on any atom is -0.351 e. The van der Waals surface area contributed by atoms with Crippen LogP contribution >= 0.6 is 23.1 Å². The highest BCUT2D eigenvalue weighted by molar-refractivity contribution is 8.02. The number of nitrogens with one attached hydrogen (secondary N) is 2. The number of aryl methyl sites for hydroxylation is 1. The second kappa shape index (κ2) is 7.93. The van der Waals surface area contributed by atoms with E-state index in [9.17, 15) is 9.59 Å². The van der Waals surface area contributed by atoms with Crippen LogP contribution in [0.4, 0.5) is 15.6 Å². The molecule has 0 saturated heterocycles. The van der Waals surface area contributed by atoms with Gasteiger partial charge in [-0.1, -0.05) is 42.2 Å². The standard InChI is InChI=1S/C14H17N5O2S2/c1-3-9-4-6-10(7-5-9)16-13-18-19-14(23-13)22-8(2)11(20)17-12(15)21/h4-8H,3H2,1-2H3,(H,16,18)(H3,15,17,20,21)/t8-/m0/s1. The number of nitrogens with two attached hydrogens (primary N) is 1. The van der Waals surface area contributed by atoms with Gasteiger partial charge in [0.15, 0.2) is 4.34 Å². The molecule has 0 saturated carbocycles. The maximum absolute atomic E-state index is 11.6. The van der Waals surface area contributed by atoms with Crippen LogP contribution in [0, 0.1) is 0 Å². The third kappa shape index (κ3) is 5.22. The quantitative estimate of drug-likeness (QED) is 0.690. The van der Waals surface area contributed by atoms with Crippen LogP contribution in [0.5, 0.6) is 0 Å². The lowest BCUT2D eigenvalue weighted by atomic mass is 10.1. The van der Waals surface area contributed by atoms with E-state index in [2.05, 4.69) is 34.6 Å². The summed E-state index contributed by atoms with van der Waals surface area (Å²) in [5.41, 5.74) is 7.11. The molecule has 0 unspecified atom stereocenters. The Morgan fingerprint density at radius 2 is 2.00 bits per heavy atom. The predicted octanol–water partition coefficient (Wildman–Crippen LogP) is 2.52. The smallest absolute Gasteiger partial charge is 0.318 e. The largest absolute Gasteiger partial charge is 0.351 e. The number of amides is 3. The zero-order valence-corrected chi connectivity index (χ0v) is 14.3. The number of carbonyl (C=O) groups excluding carboxylic acids is 2. The molecule has 2 aromatic rings. The van der Waals surface area contributed by atoms with E-state index in [1.165, 1.54) is 28.7 Å². The van der Waals surface area contributed by atoms with Gasteiger partial charge in [0, 0.05) is 5.69 Å². The summed E-state index contributed by atoms with van der Waals surface area (Å²) in [4.78, 5) is 22.3. The molecule has 1 aromatic heterocycles. The van der Waals surface area contributed by atoms with Crippen LogP contribution in [-0.4, -0.2) is 27.4 Å². The maximum Gasteiger partial charge on any atom is 0.318 e. The van der Waals surface area contributed by atoms with Gasteiger partial charge >= 0.3 is 6.03 Å². The number of rotatable bonds is 6. The molecule has 0 aliphatic heterocycles. The van der Waals surface area contributed by atoms with Crippen molar-refractivity contribution in [3.63, 3.8) is 0 Å². The van der Waals surface area contributed by atoms with Gasteiger partial charge in [0.25, 0.3) is 0 Å². The van der Waals surface area contributed by atoms with Crippen molar-refractivity contribution in [2.24, 2.45) is 5.73 Å².